The van der Waals surface area contributed by atoms with Crippen LogP contribution in [0.3, 0.4) is 0 Å². The van der Waals surface area contributed by atoms with Gasteiger partial charge in [0, 0.05) is 49.7 Å². The molecule has 1 fully saturated rings. The number of morpholine rings is 1. The molecule has 1 aromatic carbocycles. The number of hydrogen-bond acceptors (Lipinski definition) is 8. The van der Waals surface area contributed by atoms with E-state index in [4.69, 9.17) is 4.74 Å². The highest BCUT2D eigenvalue weighted by atomic mass is 16.5. The molecule has 8 nitrogen and oxygen atoms in total. The fourth-order valence-electron chi connectivity index (χ4n) is 3.20. The number of aromatic hydroxyl groups is 1. The smallest absolute Gasteiger partial charge is 0.341 e. The first-order valence-electron chi connectivity index (χ1n) is 9.02. The Morgan fingerprint density at radius 2 is 2.00 bits per heavy atom. The molecule has 0 atom stereocenters. The number of phenols is 1. The lowest BCUT2D eigenvalue weighted by Gasteiger charge is -2.30. The number of allylic oxidation sites excluding steroid dienone is 1. The summed E-state index contributed by atoms with van der Waals surface area (Å²) in [5.74, 6) is -0.660. The maximum atomic E-state index is 12.5. The quantitative estimate of drug-likeness (QED) is 0.734. The maximum Gasteiger partial charge on any atom is 0.341 e. The summed E-state index contributed by atoms with van der Waals surface area (Å²) in [4.78, 5) is 42.7. The molecule has 0 saturated carbocycles. The lowest BCUT2D eigenvalue weighted by Crippen LogP contribution is -2.36. The predicted molar refractivity (Wildman–Crippen MR) is 100 cm³/mol. The van der Waals surface area contributed by atoms with Gasteiger partial charge in [0.2, 0.25) is 0 Å². The van der Waals surface area contributed by atoms with E-state index in [1.165, 1.54) is 19.3 Å². The summed E-state index contributed by atoms with van der Waals surface area (Å²) >= 11 is 0. The minimum atomic E-state index is -0.672. The number of carbonyl (C=O) groups excluding carboxylic acids is 3. The molecule has 1 N–H and O–H groups in total. The summed E-state index contributed by atoms with van der Waals surface area (Å²) in [6.07, 6.45) is 1.55. The molecule has 3 rings (SSSR count). The fraction of sp³-hybridized carbons (Fsp3) is 0.400. The van der Waals surface area contributed by atoms with Crippen LogP contribution >= 0.6 is 0 Å². The number of esters is 1. The van der Waals surface area contributed by atoms with E-state index in [0.29, 0.717) is 43.4 Å². The molecular formula is C20H22N2O6. The third-order valence-electron chi connectivity index (χ3n) is 4.59. The third kappa shape index (κ3) is 4.64. The summed E-state index contributed by atoms with van der Waals surface area (Å²) in [7, 11) is 1.22. The number of carbonyl (C=O) groups is 3. The molecule has 0 aromatic heterocycles. The van der Waals surface area contributed by atoms with E-state index in [0.717, 1.165) is 0 Å². The standard InChI is InChI=1S/C20H22N2O6/c1-27-20(26)17-4-2-3-13(19(17)25)9-15(23)10-14-11-16(24)12-18(21-14)22-5-7-28-8-6-22/h2-4,12,25H,5-11H2,1H3. The fourth-order valence-corrected chi connectivity index (χ4v) is 3.20. The van der Waals surface area contributed by atoms with E-state index in [9.17, 15) is 19.5 Å². The van der Waals surface area contributed by atoms with Gasteiger partial charge in [-0.05, 0) is 6.07 Å². The lowest BCUT2D eigenvalue weighted by atomic mass is 9.99. The molecule has 28 heavy (non-hydrogen) atoms. The van der Waals surface area contributed by atoms with Gasteiger partial charge in [0.15, 0.2) is 5.78 Å². The number of phenolic OH excluding ortho intramolecular Hbond substituents is 1. The summed E-state index contributed by atoms with van der Waals surface area (Å²) in [5, 5.41) is 10.2. The van der Waals surface area contributed by atoms with Crippen LogP contribution in [0.4, 0.5) is 0 Å². The average molecular weight is 386 g/mol. The Bertz CT molecular complexity index is 852. The van der Waals surface area contributed by atoms with E-state index in [1.54, 1.807) is 12.1 Å². The summed E-state index contributed by atoms with van der Waals surface area (Å²) in [6, 6.07) is 4.58. The van der Waals surface area contributed by atoms with Gasteiger partial charge in [-0.2, -0.15) is 0 Å². The van der Waals surface area contributed by atoms with E-state index in [2.05, 4.69) is 9.73 Å². The zero-order valence-electron chi connectivity index (χ0n) is 15.6. The largest absolute Gasteiger partial charge is 0.507 e. The molecule has 0 bridgehead atoms. The predicted octanol–water partition coefficient (Wildman–Crippen LogP) is 1.27. The van der Waals surface area contributed by atoms with Gasteiger partial charge in [0.1, 0.15) is 22.9 Å². The Hall–Kier alpha value is -3.00. The first-order chi connectivity index (χ1) is 13.5. The summed E-state index contributed by atoms with van der Waals surface area (Å²) < 4.78 is 9.93. The van der Waals surface area contributed by atoms with E-state index in [-0.39, 0.29) is 42.1 Å². The summed E-state index contributed by atoms with van der Waals surface area (Å²) in [6.45, 7) is 2.45. The zero-order chi connectivity index (χ0) is 20.1. The van der Waals surface area contributed by atoms with Crippen molar-refractivity contribution in [2.75, 3.05) is 33.4 Å². The summed E-state index contributed by atoms with van der Waals surface area (Å²) in [5.41, 5.74) is 0.845. The number of ether oxygens (including phenoxy) is 2. The lowest BCUT2D eigenvalue weighted by molar-refractivity contribution is -0.117. The molecule has 1 saturated heterocycles. The van der Waals surface area contributed by atoms with Gasteiger partial charge in [-0.1, -0.05) is 12.1 Å². The van der Waals surface area contributed by atoms with Crippen molar-refractivity contribution in [1.29, 1.82) is 0 Å². The van der Waals surface area contributed by atoms with Crippen molar-refractivity contribution in [1.82, 2.24) is 4.90 Å². The highest BCUT2D eigenvalue weighted by Crippen LogP contribution is 2.24. The molecular weight excluding hydrogens is 364 g/mol. The van der Waals surface area contributed by atoms with Gasteiger partial charge in [0.25, 0.3) is 0 Å². The first-order valence-corrected chi connectivity index (χ1v) is 9.02. The van der Waals surface area contributed by atoms with E-state index < -0.39 is 5.97 Å². The van der Waals surface area contributed by atoms with Crippen LogP contribution in [0.2, 0.25) is 0 Å². The van der Waals surface area contributed by atoms with Crippen LogP contribution in [0.15, 0.2) is 35.1 Å². The monoisotopic (exact) mass is 386 g/mol. The second-order valence-corrected chi connectivity index (χ2v) is 6.62. The van der Waals surface area contributed by atoms with Crippen LogP contribution in [-0.2, 0) is 25.5 Å². The molecule has 8 heteroatoms. The van der Waals surface area contributed by atoms with Crippen molar-refractivity contribution in [2.24, 2.45) is 4.99 Å². The Kier molecular flexibility index (Phi) is 6.20. The van der Waals surface area contributed by atoms with Crippen LogP contribution in [-0.4, -0.2) is 66.7 Å². The Morgan fingerprint density at radius 3 is 2.71 bits per heavy atom. The van der Waals surface area contributed by atoms with Crippen molar-refractivity contribution in [2.45, 2.75) is 19.3 Å². The molecule has 148 valence electrons. The van der Waals surface area contributed by atoms with Gasteiger partial charge in [0.05, 0.1) is 20.3 Å². The average Bonchev–Trinajstić information content (AvgIpc) is 2.69. The van der Waals surface area contributed by atoms with Gasteiger partial charge >= 0.3 is 5.97 Å². The number of benzene rings is 1. The first kappa shape index (κ1) is 19.8. The molecule has 2 heterocycles. The van der Waals surface area contributed by atoms with Gasteiger partial charge in [-0.15, -0.1) is 0 Å². The molecule has 2 aliphatic rings. The van der Waals surface area contributed by atoms with Crippen LogP contribution in [0.5, 0.6) is 5.75 Å². The molecule has 0 amide bonds. The van der Waals surface area contributed by atoms with Crippen molar-refractivity contribution >= 4 is 23.2 Å². The van der Waals surface area contributed by atoms with Crippen LogP contribution in [0, 0.1) is 0 Å². The van der Waals surface area contributed by atoms with Gasteiger partial charge in [-0.3, -0.25) is 9.59 Å². The van der Waals surface area contributed by atoms with Crippen LogP contribution in [0.1, 0.15) is 28.8 Å². The number of para-hydroxylation sites is 1. The molecule has 0 radical (unpaired) electrons. The number of nitrogens with zero attached hydrogens (tertiary/aromatic N) is 2. The van der Waals surface area contributed by atoms with Gasteiger partial charge < -0.3 is 19.5 Å². The minimum absolute atomic E-state index is 0.00924. The SMILES string of the molecule is COC(=O)c1cccc(CC(=O)CC2=NC(N3CCOCC3)=CC(=O)C2)c1O. The van der Waals surface area contributed by atoms with E-state index in [1.807, 2.05) is 4.90 Å². The second kappa shape index (κ2) is 8.79. The van der Waals surface area contributed by atoms with E-state index >= 15 is 0 Å². The molecule has 1 aromatic rings. The second-order valence-electron chi connectivity index (χ2n) is 6.62. The minimum Gasteiger partial charge on any atom is -0.507 e. The van der Waals surface area contributed by atoms with Crippen molar-refractivity contribution < 1.29 is 29.0 Å². The molecule has 0 unspecified atom stereocenters. The third-order valence-corrected chi connectivity index (χ3v) is 4.59. The Morgan fingerprint density at radius 1 is 1.25 bits per heavy atom. The highest BCUT2D eigenvalue weighted by molar-refractivity contribution is 6.14. The highest BCUT2D eigenvalue weighted by Gasteiger charge is 2.22. The number of hydrogen-bond donors (Lipinski definition) is 1. The van der Waals surface area contributed by atoms with Gasteiger partial charge in [-0.25, -0.2) is 9.79 Å². The zero-order valence-corrected chi connectivity index (χ0v) is 15.6. The van der Waals surface area contributed by atoms with Crippen molar-refractivity contribution in [3.8, 4) is 5.75 Å². The van der Waals surface area contributed by atoms with Crippen molar-refractivity contribution in [3.63, 3.8) is 0 Å². The molecule has 0 spiro atoms. The number of aliphatic imine (C=N–C) groups is 1. The van der Waals surface area contributed by atoms with Crippen molar-refractivity contribution in [3.05, 3.63) is 41.2 Å². The molecule has 0 aliphatic carbocycles. The topological polar surface area (TPSA) is 106 Å². The Labute approximate surface area is 162 Å². The normalized spacial score (nSPS) is 17.0. The number of ketones is 2. The Balaban J connectivity index is 1.69. The number of methoxy groups -OCH3 is 1. The number of Topliss-reactive ketones (excluding diaryl/α,β-unsaturated/α-hetero) is 1. The maximum absolute atomic E-state index is 12.5. The van der Waals surface area contributed by atoms with Crippen LogP contribution < -0.4 is 0 Å². The van der Waals surface area contributed by atoms with Crippen LogP contribution in [0.25, 0.3) is 0 Å². The molecule has 2 aliphatic heterocycles. The number of rotatable bonds is 6.